The Labute approximate surface area is 169 Å². The van der Waals surface area contributed by atoms with Gasteiger partial charge in [-0.2, -0.15) is 0 Å². The predicted molar refractivity (Wildman–Crippen MR) is 109 cm³/mol. The molecule has 1 heterocycles. The summed E-state index contributed by atoms with van der Waals surface area (Å²) in [5, 5.41) is 3.77. The lowest BCUT2D eigenvalue weighted by atomic mass is 9.97. The van der Waals surface area contributed by atoms with Gasteiger partial charge in [0.25, 0.3) is 0 Å². The second-order valence-corrected chi connectivity index (χ2v) is 8.72. The lowest BCUT2D eigenvalue weighted by Crippen LogP contribution is -2.36. The molecule has 1 fully saturated rings. The number of halogens is 1. The van der Waals surface area contributed by atoms with Crippen molar-refractivity contribution in [1.29, 1.82) is 0 Å². The number of nitrogens with one attached hydrogen (secondary N) is 2. The summed E-state index contributed by atoms with van der Waals surface area (Å²) in [5.41, 5.74) is 2.04. The van der Waals surface area contributed by atoms with Crippen LogP contribution in [0.5, 0.6) is 0 Å². The number of esters is 1. The fraction of sp³-hybridized carbons (Fsp3) is 0.250. The number of ether oxygens (including phenoxy) is 1. The van der Waals surface area contributed by atoms with Crippen LogP contribution in [0.1, 0.15) is 22.3 Å². The maximum absolute atomic E-state index is 12.5. The van der Waals surface area contributed by atoms with Crippen molar-refractivity contribution < 1.29 is 17.9 Å². The second-order valence-electron chi connectivity index (χ2n) is 6.57. The first kappa shape index (κ1) is 20.5. The van der Waals surface area contributed by atoms with Crippen molar-refractivity contribution in [2.75, 3.05) is 13.7 Å². The number of carbonyl (C=O) groups excluding carboxylic acids is 1. The molecule has 8 heteroatoms. The SMILES string of the molecule is C=C(c1cccc(C(=O)OC)c1)[C@@H]1C[C@@H](NS(=O)(=O)c2ccc(Cl)cc2)CN1. The van der Waals surface area contributed by atoms with E-state index in [-0.39, 0.29) is 17.0 Å². The Hall–Kier alpha value is -2.19. The summed E-state index contributed by atoms with van der Waals surface area (Å²) in [4.78, 5) is 11.9. The third kappa shape index (κ3) is 4.62. The highest BCUT2D eigenvalue weighted by molar-refractivity contribution is 7.89. The number of carbonyl (C=O) groups is 1. The van der Waals surface area contributed by atoms with Crippen molar-refractivity contribution in [2.24, 2.45) is 0 Å². The fourth-order valence-electron chi connectivity index (χ4n) is 3.16. The third-order valence-corrected chi connectivity index (χ3v) is 6.44. The van der Waals surface area contributed by atoms with E-state index in [4.69, 9.17) is 16.3 Å². The molecule has 2 aromatic carbocycles. The lowest BCUT2D eigenvalue weighted by Gasteiger charge is -2.16. The van der Waals surface area contributed by atoms with E-state index in [2.05, 4.69) is 16.6 Å². The van der Waals surface area contributed by atoms with Crippen molar-refractivity contribution in [3.05, 3.63) is 71.3 Å². The van der Waals surface area contributed by atoms with Gasteiger partial charge in [-0.1, -0.05) is 30.3 Å². The van der Waals surface area contributed by atoms with E-state index in [1.165, 1.54) is 19.2 Å². The highest BCUT2D eigenvalue weighted by Crippen LogP contribution is 2.25. The Bertz CT molecular complexity index is 990. The molecule has 148 valence electrons. The molecule has 2 atom stereocenters. The van der Waals surface area contributed by atoms with Crippen LogP contribution in [-0.4, -0.2) is 40.1 Å². The van der Waals surface area contributed by atoms with Crippen LogP contribution in [0.25, 0.3) is 5.57 Å². The summed E-state index contributed by atoms with van der Waals surface area (Å²) in [6.45, 7) is 4.60. The molecule has 0 radical (unpaired) electrons. The van der Waals surface area contributed by atoms with Crippen molar-refractivity contribution in [3.8, 4) is 0 Å². The molecule has 0 aromatic heterocycles. The Morgan fingerprint density at radius 1 is 1.21 bits per heavy atom. The molecule has 0 aliphatic carbocycles. The molecule has 1 saturated heterocycles. The minimum absolute atomic E-state index is 0.106. The first-order chi connectivity index (χ1) is 13.3. The van der Waals surface area contributed by atoms with Crippen LogP contribution in [0.15, 0.2) is 60.0 Å². The smallest absolute Gasteiger partial charge is 0.337 e. The van der Waals surface area contributed by atoms with E-state index in [0.29, 0.717) is 23.6 Å². The topological polar surface area (TPSA) is 84.5 Å². The molecule has 0 bridgehead atoms. The quantitative estimate of drug-likeness (QED) is 0.702. The van der Waals surface area contributed by atoms with E-state index in [1.54, 1.807) is 30.3 Å². The highest BCUT2D eigenvalue weighted by Gasteiger charge is 2.30. The summed E-state index contributed by atoms with van der Waals surface area (Å²) < 4.78 is 32.6. The minimum Gasteiger partial charge on any atom is -0.465 e. The fourth-order valence-corrected chi connectivity index (χ4v) is 4.53. The Kier molecular flexibility index (Phi) is 6.20. The average Bonchev–Trinajstić information content (AvgIpc) is 3.15. The summed E-state index contributed by atoms with van der Waals surface area (Å²) in [6, 6.07) is 12.7. The first-order valence-electron chi connectivity index (χ1n) is 8.69. The van der Waals surface area contributed by atoms with Gasteiger partial charge in [0, 0.05) is 23.7 Å². The molecule has 3 rings (SSSR count). The van der Waals surface area contributed by atoms with Gasteiger partial charge in [-0.25, -0.2) is 17.9 Å². The van der Waals surface area contributed by atoms with Crippen LogP contribution in [0.4, 0.5) is 0 Å². The molecule has 2 aromatic rings. The van der Waals surface area contributed by atoms with Crippen LogP contribution in [0, 0.1) is 0 Å². The normalized spacial score (nSPS) is 19.4. The monoisotopic (exact) mass is 420 g/mol. The number of methoxy groups -OCH3 is 1. The van der Waals surface area contributed by atoms with Gasteiger partial charge in [0.05, 0.1) is 17.6 Å². The van der Waals surface area contributed by atoms with Gasteiger partial charge in [-0.05, 0) is 54.0 Å². The van der Waals surface area contributed by atoms with Gasteiger partial charge >= 0.3 is 5.97 Å². The largest absolute Gasteiger partial charge is 0.465 e. The number of sulfonamides is 1. The van der Waals surface area contributed by atoms with Gasteiger partial charge in [0.2, 0.25) is 10.0 Å². The van der Waals surface area contributed by atoms with Crippen molar-refractivity contribution >= 4 is 33.2 Å². The number of benzene rings is 2. The standard InChI is InChI=1S/C20H21ClN2O4S/c1-13(14-4-3-5-15(10-14)20(24)27-2)19-11-17(12-22-19)23-28(25,26)18-8-6-16(21)7-9-18/h3-10,17,19,22-23H,1,11-12H2,2H3/t17-,19+/m1/s1. The summed E-state index contributed by atoms with van der Waals surface area (Å²) in [7, 11) is -2.30. The molecule has 2 N–H and O–H groups in total. The van der Waals surface area contributed by atoms with Gasteiger partial charge in [-0.3, -0.25) is 0 Å². The molecule has 0 amide bonds. The lowest BCUT2D eigenvalue weighted by molar-refractivity contribution is 0.0600. The van der Waals surface area contributed by atoms with Crippen LogP contribution >= 0.6 is 11.6 Å². The number of hydrogen-bond donors (Lipinski definition) is 2. The van der Waals surface area contributed by atoms with Gasteiger partial charge < -0.3 is 10.1 Å². The molecule has 0 spiro atoms. The minimum atomic E-state index is -3.64. The van der Waals surface area contributed by atoms with Gasteiger partial charge in [-0.15, -0.1) is 0 Å². The van der Waals surface area contributed by atoms with Crippen molar-refractivity contribution in [2.45, 2.75) is 23.4 Å². The highest BCUT2D eigenvalue weighted by atomic mass is 35.5. The zero-order valence-corrected chi connectivity index (χ0v) is 16.9. The van der Waals surface area contributed by atoms with Crippen LogP contribution in [0.2, 0.25) is 5.02 Å². The summed E-state index contributed by atoms with van der Waals surface area (Å²) in [5.74, 6) is -0.414. The molecular formula is C20H21ClN2O4S. The van der Waals surface area contributed by atoms with Crippen LogP contribution in [-0.2, 0) is 14.8 Å². The van der Waals surface area contributed by atoms with E-state index < -0.39 is 16.0 Å². The van der Waals surface area contributed by atoms with E-state index >= 15 is 0 Å². The zero-order chi connectivity index (χ0) is 20.3. The summed E-state index contributed by atoms with van der Waals surface area (Å²) in [6.07, 6.45) is 0.550. The Balaban J connectivity index is 1.67. The maximum Gasteiger partial charge on any atom is 0.337 e. The number of rotatable bonds is 6. The zero-order valence-electron chi connectivity index (χ0n) is 15.3. The van der Waals surface area contributed by atoms with Crippen LogP contribution < -0.4 is 10.0 Å². The molecule has 1 aliphatic heterocycles. The van der Waals surface area contributed by atoms with E-state index in [9.17, 15) is 13.2 Å². The molecule has 1 aliphatic rings. The average molecular weight is 421 g/mol. The molecule has 6 nitrogen and oxygen atoms in total. The second kappa shape index (κ2) is 8.45. The van der Waals surface area contributed by atoms with Gasteiger partial charge in [0.15, 0.2) is 0 Å². The van der Waals surface area contributed by atoms with Crippen molar-refractivity contribution in [1.82, 2.24) is 10.0 Å². The van der Waals surface area contributed by atoms with Crippen molar-refractivity contribution in [3.63, 3.8) is 0 Å². The molecular weight excluding hydrogens is 400 g/mol. The van der Waals surface area contributed by atoms with Gasteiger partial charge in [0.1, 0.15) is 0 Å². The maximum atomic E-state index is 12.5. The first-order valence-corrected chi connectivity index (χ1v) is 10.5. The predicted octanol–water partition coefficient (Wildman–Crippen LogP) is 2.85. The summed E-state index contributed by atoms with van der Waals surface area (Å²) >= 11 is 5.82. The molecule has 28 heavy (non-hydrogen) atoms. The Morgan fingerprint density at radius 2 is 1.89 bits per heavy atom. The molecule has 0 unspecified atom stereocenters. The Morgan fingerprint density at radius 3 is 2.57 bits per heavy atom. The van der Waals surface area contributed by atoms with E-state index in [0.717, 1.165) is 11.1 Å². The third-order valence-electron chi connectivity index (χ3n) is 4.65. The van der Waals surface area contributed by atoms with Crippen LogP contribution in [0.3, 0.4) is 0 Å². The molecule has 0 saturated carbocycles. The van der Waals surface area contributed by atoms with E-state index in [1.807, 2.05) is 6.07 Å². The number of hydrogen-bond acceptors (Lipinski definition) is 5.